The Morgan fingerprint density at radius 2 is 2.31 bits per heavy atom. The number of hydrogen-bond acceptors (Lipinski definition) is 2. The van der Waals surface area contributed by atoms with Gasteiger partial charge in [0.05, 0.1) is 6.10 Å². The first-order valence-electron chi connectivity index (χ1n) is 4.38. The molecule has 13 heavy (non-hydrogen) atoms. The van der Waals surface area contributed by atoms with Gasteiger partial charge in [-0.25, -0.2) is 4.39 Å². The topological polar surface area (TPSA) is 35.2 Å². The molecule has 1 aromatic carbocycles. The molecule has 0 radical (unpaired) electrons. The molecule has 1 aliphatic rings. The maximum absolute atomic E-state index is 12.8. The number of ether oxygens (including phenoxy) is 1. The molecule has 2 atom stereocenters. The van der Waals surface area contributed by atoms with Crippen LogP contribution in [-0.4, -0.2) is 6.10 Å². The van der Waals surface area contributed by atoms with Gasteiger partial charge in [0.25, 0.3) is 0 Å². The van der Waals surface area contributed by atoms with Crippen LogP contribution in [0.25, 0.3) is 0 Å². The summed E-state index contributed by atoms with van der Waals surface area (Å²) in [7, 11) is 0. The second kappa shape index (κ2) is 3.00. The second-order valence-corrected chi connectivity index (χ2v) is 3.45. The van der Waals surface area contributed by atoms with Gasteiger partial charge in [-0.3, -0.25) is 0 Å². The van der Waals surface area contributed by atoms with E-state index in [0.717, 1.165) is 12.0 Å². The normalized spacial score (nSPS) is 26.4. The van der Waals surface area contributed by atoms with Gasteiger partial charge in [-0.1, -0.05) is 6.07 Å². The summed E-state index contributed by atoms with van der Waals surface area (Å²) in [4.78, 5) is 0. The summed E-state index contributed by atoms with van der Waals surface area (Å²) >= 11 is 0. The molecule has 0 aliphatic carbocycles. The van der Waals surface area contributed by atoms with Crippen LogP contribution in [0.3, 0.4) is 0 Å². The van der Waals surface area contributed by atoms with E-state index < -0.39 is 0 Å². The predicted molar refractivity (Wildman–Crippen MR) is 48.0 cm³/mol. The summed E-state index contributed by atoms with van der Waals surface area (Å²) in [5.74, 6) is 0.311. The van der Waals surface area contributed by atoms with E-state index in [2.05, 4.69) is 0 Å². The molecule has 3 heteroatoms. The molecule has 0 fully saturated rings. The fourth-order valence-electron chi connectivity index (χ4n) is 1.67. The molecule has 1 heterocycles. The first-order chi connectivity index (χ1) is 6.16. The summed E-state index contributed by atoms with van der Waals surface area (Å²) in [6.45, 7) is 1.94. The van der Waals surface area contributed by atoms with Gasteiger partial charge in [0, 0.05) is 24.1 Å². The van der Waals surface area contributed by atoms with Crippen LogP contribution in [0.1, 0.15) is 24.9 Å². The molecule has 0 saturated carbocycles. The van der Waals surface area contributed by atoms with E-state index in [1.807, 2.05) is 6.92 Å². The van der Waals surface area contributed by atoms with Crippen LogP contribution in [0.15, 0.2) is 18.2 Å². The predicted octanol–water partition coefficient (Wildman–Crippen LogP) is 2.00. The zero-order chi connectivity index (χ0) is 9.42. The van der Waals surface area contributed by atoms with Gasteiger partial charge in [-0.2, -0.15) is 0 Å². The lowest BCUT2D eigenvalue weighted by Gasteiger charge is -2.27. The maximum Gasteiger partial charge on any atom is 0.127 e. The second-order valence-electron chi connectivity index (χ2n) is 3.45. The first-order valence-corrected chi connectivity index (χ1v) is 4.38. The number of hydrogen-bond donors (Lipinski definition) is 1. The van der Waals surface area contributed by atoms with Gasteiger partial charge >= 0.3 is 0 Å². The molecule has 0 amide bonds. The van der Waals surface area contributed by atoms with E-state index in [1.165, 1.54) is 12.1 Å². The standard InChI is InChI=1S/C10H12FNO/c1-6-4-9(12)8-3-2-7(11)5-10(8)13-6/h2-3,5-6,9H,4,12H2,1H3. The van der Waals surface area contributed by atoms with Crippen molar-refractivity contribution in [1.29, 1.82) is 0 Å². The Bertz CT molecular complexity index is 327. The van der Waals surface area contributed by atoms with Gasteiger partial charge in [-0.15, -0.1) is 0 Å². The van der Waals surface area contributed by atoms with Crippen molar-refractivity contribution in [2.75, 3.05) is 0 Å². The number of rotatable bonds is 0. The van der Waals surface area contributed by atoms with Crippen molar-refractivity contribution in [2.24, 2.45) is 5.73 Å². The van der Waals surface area contributed by atoms with Crippen molar-refractivity contribution < 1.29 is 9.13 Å². The van der Waals surface area contributed by atoms with Crippen LogP contribution < -0.4 is 10.5 Å². The van der Waals surface area contributed by atoms with E-state index in [9.17, 15) is 4.39 Å². The quantitative estimate of drug-likeness (QED) is 0.664. The largest absolute Gasteiger partial charge is 0.490 e. The highest BCUT2D eigenvalue weighted by molar-refractivity contribution is 5.38. The Hall–Kier alpha value is -1.09. The minimum atomic E-state index is -0.278. The van der Waals surface area contributed by atoms with E-state index in [0.29, 0.717) is 5.75 Å². The van der Waals surface area contributed by atoms with Crippen LogP contribution >= 0.6 is 0 Å². The Labute approximate surface area is 76.5 Å². The maximum atomic E-state index is 12.8. The summed E-state index contributed by atoms with van der Waals surface area (Å²) in [5.41, 5.74) is 6.79. The van der Waals surface area contributed by atoms with Crippen LogP contribution in [0.4, 0.5) is 4.39 Å². The summed E-state index contributed by atoms with van der Waals surface area (Å²) in [6, 6.07) is 4.48. The lowest BCUT2D eigenvalue weighted by Crippen LogP contribution is -2.27. The van der Waals surface area contributed by atoms with Gasteiger partial charge < -0.3 is 10.5 Å². The number of nitrogens with two attached hydrogens (primary N) is 1. The van der Waals surface area contributed by atoms with Crippen molar-refractivity contribution in [2.45, 2.75) is 25.5 Å². The Morgan fingerprint density at radius 3 is 3.08 bits per heavy atom. The molecule has 0 aromatic heterocycles. The van der Waals surface area contributed by atoms with Gasteiger partial charge in [0.1, 0.15) is 11.6 Å². The van der Waals surface area contributed by atoms with Crippen molar-refractivity contribution in [1.82, 2.24) is 0 Å². The van der Waals surface area contributed by atoms with E-state index in [1.54, 1.807) is 6.07 Å². The molecule has 2 N–H and O–H groups in total. The number of halogens is 1. The fourth-order valence-corrected chi connectivity index (χ4v) is 1.67. The Kier molecular flexibility index (Phi) is 1.96. The average molecular weight is 181 g/mol. The summed E-state index contributed by atoms with van der Waals surface area (Å²) in [5, 5.41) is 0. The van der Waals surface area contributed by atoms with Crippen molar-refractivity contribution >= 4 is 0 Å². The lowest BCUT2D eigenvalue weighted by molar-refractivity contribution is 0.176. The molecule has 0 saturated heterocycles. The van der Waals surface area contributed by atoms with Gasteiger partial charge in [0.2, 0.25) is 0 Å². The summed E-state index contributed by atoms with van der Waals surface area (Å²) < 4.78 is 18.3. The van der Waals surface area contributed by atoms with Gasteiger partial charge in [0.15, 0.2) is 0 Å². The molecule has 0 bridgehead atoms. The number of benzene rings is 1. The third kappa shape index (κ3) is 1.52. The zero-order valence-electron chi connectivity index (χ0n) is 7.46. The fraction of sp³-hybridized carbons (Fsp3) is 0.400. The Balaban J connectivity index is 2.43. The molecule has 2 rings (SSSR count). The van der Waals surface area contributed by atoms with Crippen LogP contribution in [-0.2, 0) is 0 Å². The molecule has 1 aliphatic heterocycles. The van der Waals surface area contributed by atoms with Crippen LogP contribution in [0.5, 0.6) is 5.75 Å². The highest BCUT2D eigenvalue weighted by Crippen LogP contribution is 2.33. The summed E-state index contributed by atoms with van der Waals surface area (Å²) in [6.07, 6.45) is 0.864. The molecule has 1 aromatic rings. The van der Waals surface area contributed by atoms with E-state index >= 15 is 0 Å². The van der Waals surface area contributed by atoms with Crippen LogP contribution in [0, 0.1) is 5.82 Å². The third-order valence-corrected chi connectivity index (χ3v) is 2.29. The third-order valence-electron chi connectivity index (χ3n) is 2.29. The molecular formula is C10H12FNO. The molecule has 70 valence electrons. The molecule has 2 unspecified atom stereocenters. The first kappa shape index (κ1) is 8.51. The molecule has 2 nitrogen and oxygen atoms in total. The van der Waals surface area contributed by atoms with Gasteiger partial charge in [-0.05, 0) is 13.0 Å². The average Bonchev–Trinajstić information content (AvgIpc) is 2.02. The monoisotopic (exact) mass is 181 g/mol. The molecular weight excluding hydrogens is 169 g/mol. The number of fused-ring (bicyclic) bond motifs is 1. The minimum absolute atomic E-state index is 0.0284. The highest BCUT2D eigenvalue weighted by atomic mass is 19.1. The van der Waals surface area contributed by atoms with Crippen molar-refractivity contribution in [3.05, 3.63) is 29.6 Å². The van der Waals surface area contributed by atoms with Crippen molar-refractivity contribution in [3.63, 3.8) is 0 Å². The van der Waals surface area contributed by atoms with E-state index in [-0.39, 0.29) is 18.0 Å². The SMILES string of the molecule is CC1CC(N)c2ccc(F)cc2O1. The minimum Gasteiger partial charge on any atom is -0.490 e. The highest BCUT2D eigenvalue weighted by Gasteiger charge is 2.22. The molecule has 0 spiro atoms. The van der Waals surface area contributed by atoms with Crippen molar-refractivity contribution in [3.8, 4) is 5.75 Å². The zero-order valence-corrected chi connectivity index (χ0v) is 7.46. The Morgan fingerprint density at radius 1 is 1.54 bits per heavy atom. The van der Waals surface area contributed by atoms with E-state index in [4.69, 9.17) is 10.5 Å². The van der Waals surface area contributed by atoms with Crippen LogP contribution in [0.2, 0.25) is 0 Å². The lowest BCUT2D eigenvalue weighted by atomic mass is 9.98. The smallest absolute Gasteiger partial charge is 0.127 e.